The van der Waals surface area contributed by atoms with Gasteiger partial charge in [0.25, 0.3) is 5.91 Å². The lowest BCUT2D eigenvalue weighted by Gasteiger charge is -2.07. The van der Waals surface area contributed by atoms with Gasteiger partial charge in [0.1, 0.15) is 4.88 Å². The van der Waals surface area contributed by atoms with Gasteiger partial charge < -0.3 is 15.4 Å². The fourth-order valence-corrected chi connectivity index (χ4v) is 2.91. The summed E-state index contributed by atoms with van der Waals surface area (Å²) >= 11 is 1.20. The first-order valence-electron chi connectivity index (χ1n) is 7.46. The van der Waals surface area contributed by atoms with Crippen molar-refractivity contribution in [1.82, 2.24) is 0 Å². The van der Waals surface area contributed by atoms with E-state index in [4.69, 9.17) is 0 Å². The van der Waals surface area contributed by atoms with Gasteiger partial charge in [-0.3, -0.25) is 9.59 Å². The second kappa shape index (κ2) is 6.84. The zero-order chi connectivity index (χ0) is 17.1. The lowest BCUT2D eigenvalue weighted by molar-refractivity contribution is -0.117. The van der Waals surface area contributed by atoms with E-state index in [0.717, 1.165) is 12.8 Å². The number of methoxy groups -OCH3 is 1. The van der Waals surface area contributed by atoms with Crippen molar-refractivity contribution < 1.29 is 19.1 Å². The normalized spacial score (nSPS) is 13.2. The maximum absolute atomic E-state index is 12.3. The molecule has 0 saturated heterocycles. The lowest BCUT2D eigenvalue weighted by Crippen LogP contribution is -2.15. The molecule has 0 bridgehead atoms. The summed E-state index contributed by atoms with van der Waals surface area (Å²) in [5, 5.41) is 7.22. The maximum atomic E-state index is 12.3. The lowest BCUT2D eigenvalue weighted by atomic mass is 10.2. The third kappa shape index (κ3) is 3.62. The number of esters is 1. The van der Waals surface area contributed by atoms with Crippen LogP contribution in [0.5, 0.6) is 0 Å². The first-order valence-corrected chi connectivity index (χ1v) is 8.34. The van der Waals surface area contributed by atoms with Crippen LogP contribution in [0.3, 0.4) is 0 Å². The van der Waals surface area contributed by atoms with Gasteiger partial charge in [0.15, 0.2) is 0 Å². The monoisotopic (exact) mass is 344 g/mol. The molecule has 0 aliphatic heterocycles. The highest BCUT2D eigenvalue weighted by atomic mass is 32.1. The van der Waals surface area contributed by atoms with Gasteiger partial charge in [-0.05, 0) is 48.6 Å². The van der Waals surface area contributed by atoms with Crippen molar-refractivity contribution in [2.24, 2.45) is 5.92 Å². The highest BCUT2D eigenvalue weighted by Crippen LogP contribution is 2.30. The van der Waals surface area contributed by atoms with Crippen LogP contribution in [0, 0.1) is 5.92 Å². The van der Waals surface area contributed by atoms with Crippen LogP contribution in [0.2, 0.25) is 0 Å². The van der Waals surface area contributed by atoms with Crippen LogP contribution in [0.15, 0.2) is 35.7 Å². The van der Waals surface area contributed by atoms with E-state index in [1.165, 1.54) is 18.4 Å². The van der Waals surface area contributed by atoms with Crippen molar-refractivity contribution in [2.45, 2.75) is 12.8 Å². The smallest absolute Gasteiger partial charge is 0.350 e. The Morgan fingerprint density at radius 1 is 1.08 bits per heavy atom. The number of hydrogen-bond donors (Lipinski definition) is 2. The number of rotatable bonds is 5. The van der Waals surface area contributed by atoms with Gasteiger partial charge in [-0.2, -0.15) is 0 Å². The Balaban J connectivity index is 1.66. The van der Waals surface area contributed by atoms with E-state index >= 15 is 0 Å². The van der Waals surface area contributed by atoms with Crippen LogP contribution in [0.1, 0.15) is 32.9 Å². The Kier molecular flexibility index (Phi) is 4.61. The number of thiophene rings is 1. The van der Waals surface area contributed by atoms with Gasteiger partial charge in [-0.1, -0.05) is 0 Å². The number of carbonyl (C=O) groups excluding carboxylic acids is 3. The number of amides is 2. The molecule has 0 spiro atoms. The molecule has 6 nitrogen and oxygen atoms in total. The van der Waals surface area contributed by atoms with Crippen molar-refractivity contribution >= 4 is 40.5 Å². The number of carbonyl (C=O) groups is 3. The molecule has 7 heteroatoms. The molecule has 1 heterocycles. The number of anilines is 2. The third-order valence-electron chi connectivity index (χ3n) is 3.65. The van der Waals surface area contributed by atoms with Gasteiger partial charge in [0.05, 0.1) is 12.8 Å². The summed E-state index contributed by atoms with van der Waals surface area (Å²) < 4.78 is 4.68. The molecule has 2 N–H and O–H groups in total. The van der Waals surface area contributed by atoms with E-state index < -0.39 is 5.97 Å². The SMILES string of the molecule is COC(=O)c1sccc1NC(=O)c1ccc(NC(=O)C2CC2)cc1. The number of nitrogens with one attached hydrogen (secondary N) is 2. The summed E-state index contributed by atoms with van der Waals surface area (Å²) in [5.74, 6) is -0.673. The summed E-state index contributed by atoms with van der Waals surface area (Å²) in [4.78, 5) is 35.9. The Hall–Kier alpha value is -2.67. The molecule has 1 aromatic heterocycles. The Labute approximate surface area is 142 Å². The molecular formula is C17H16N2O4S. The van der Waals surface area contributed by atoms with E-state index in [-0.39, 0.29) is 17.7 Å². The average molecular weight is 344 g/mol. The quantitative estimate of drug-likeness (QED) is 0.816. The van der Waals surface area contributed by atoms with E-state index in [1.807, 2.05) is 0 Å². The van der Waals surface area contributed by atoms with E-state index in [9.17, 15) is 14.4 Å². The molecule has 0 radical (unpaired) electrons. The molecular weight excluding hydrogens is 328 g/mol. The summed E-state index contributed by atoms with van der Waals surface area (Å²) in [7, 11) is 1.29. The van der Waals surface area contributed by atoms with Gasteiger partial charge in [-0.25, -0.2) is 4.79 Å². The first kappa shape index (κ1) is 16.2. The fourth-order valence-electron chi connectivity index (χ4n) is 2.15. The Morgan fingerprint density at radius 3 is 2.42 bits per heavy atom. The van der Waals surface area contributed by atoms with Crippen molar-refractivity contribution in [3.05, 3.63) is 46.2 Å². The topological polar surface area (TPSA) is 84.5 Å². The van der Waals surface area contributed by atoms with Crippen LogP contribution in [0.4, 0.5) is 11.4 Å². The van der Waals surface area contributed by atoms with Crippen LogP contribution in [-0.2, 0) is 9.53 Å². The molecule has 0 unspecified atom stereocenters. The van der Waals surface area contributed by atoms with Gasteiger partial charge >= 0.3 is 5.97 Å². The highest BCUT2D eigenvalue weighted by Gasteiger charge is 2.29. The molecule has 1 aromatic carbocycles. The van der Waals surface area contributed by atoms with Crippen LogP contribution in [0.25, 0.3) is 0 Å². The zero-order valence-electron chi connectivity index (χ0n) is 13.0. The van der Waals surface area contributed by atoms with Crippen molar-refractivity contribution in [2.75, 3.05) is 17.7 Å². The maximum Gasteiger partial charge on any atom is 0.350 e. The summed E-state index contributed by atoms with van der Waals surface area (Å²) in [6.45, 7) is 0. The van der Waals surface area contributed by atoms with Gasteiger partial charge in [0, 0.05) is 17.2 Å². The van der Waals surface area contributed by atoms with E-state index in [1.54, 1.807) is 35.7 Å². The second-order valence-electron chi connectivity index (χ2n) is 5.45. The largest absolute Gasteiger partial charge is 0.465 e. The second-order valence-corrected chi connectivity index (χ2v) is 6.37. The molecule has 24 heavy (non-hydrogen) atoms. The first-order chi connectivity index (χ1) is 11.6. The molecule has 2 amide bonds. The average Bonchev–Trinajstić information content (AvgIpc) is 3.35. The molecule has 1 saturated carbocycles. The van der Waals surface area contributed by atoms with Gasteiger partial charge in [-0.15, -0.1) is 11.3 Å². The van der Waals surface area contributed by atoms with Crippen molar-refractivity contribution in [1.29, 1.82) is 0 Å². The number of ether oxygens (including phenoxy) is 1. The van der Waals surface area contributed by atoms with Crippen molar-refractivity contribution in [3.63, 3.8) is 0 Å². The van der Waals surface area contributed by atoms with Crippen LogP contribution in [-0.4, -0.2) is 24.9 Å². The van der Waals surface area contributed by atoms with Crippen LogP contribution >= 0.6 is 11.3 Å². The summed E-state index contributed by atoms with van der Waals surface area (Å²) in [6.07, 6.45) is 1.88. The molecule has 1 aliphatic carbocycles. The van der Waals surface area contributed by atoms with Gasteiger partial charge in [0.2, 0.25) is 5.91 Å². The number of hydrogen-bond acceptors (Lipinski definition) is 5. The predicted octanol–water partition coefficient (Wildman–Crippen LogP) is 3.14. The van der Waals surface area contributed by atoms with E-state index in [0.29, 0.717) is 21.8 Å². The molecule has 124 valence electrons. The third-order valence-corrected chi connectivity index (χ3v) is 4.54. The minimum absolute atomic E-state index is 0.0215. The fraction of sp³-hybridized carbons (Fsp3) is 0.235. The molecule has 2 aromatic rings. The minimum atomic E-state index is -0.488. The van der Waals surface area contributed by atoms with Crippen LogP contribution < -0.4 is 10.6 Å². The Bertz CT molecular complexity index is 778. The number of benzene rings is 1. The van der Waals surface area contributed by atoms with Crippen molar-refractivity contribution in [3.8, 4) is 0 Å². The molecule has 1 aliphatic rings. The molecule has 1 fully saturated rings. The molecule has 3 rings (SSSR count). The standard InChI is InChI=1S/C17H16N2O4S/c1-23-17(22)14-13(8-9-24-14)19-16(21)11-4-6-12(7-5-11)18-15(20)10-2-3-10/h4-10H,2-3H2,1H3,(H,18,20)(H,19,21). The molecule has 0 atom stereocenters. The highest BCUT2D eigenvalue weighted by molar-refractivity contribution is 7.12. The predicted molar refractivity (Wildman–Crippen MR) is 91.4 cm³/mol. The minimum Gasteiger partial charge on any atom is -0.465 e. The summed E-state index contributed by atoms with van der Waals surface area (Å²) in [5.41, 5.74) is 1.51. The Morgan fingerprint density at radius 2 is 1.79 bits per heavy atom. The summed E-state index contributed by atoms with van der Waals surface area (Å²) in [6, 6.07) is 8.27. The zero-order valence-corrected chi connectivity index (χ0v) is 13.8. The van der Waals surface area contributed by atoms with E-state index in [2.05, 4.69) is 15.4 Å².